The summed E-state index contributed by atoms with van der Waals surface area (Å²) in [5.41, 5.74) is 1.19. The highest BCUT2D eigenvalue weighted by atomic mass is 79.9. The molecule has 0 amide bonds. The Bertz CT molecular complexity index is 355. The molecule has 16 heavy (non-hydrogen) atoms. The van der Waals surface area contributed by atoms with Crippen molar-refractivity contribution in [1.82, 2.24) is 5.32 Å². The molecule has 1 atom stereocenters. The molecule has 1 aromatic rings. The largest absolute Gasteiger partial charge is 0.481 e. The molecule has 0 saturated carbocycles. The lowest BCUT2D eigenvalue weighted by molar-refractivity contribution is -0.137. The van der Waals surface area contributed by atoms with Crippen molar-refractivity contribution in [2.75, 3.05) is 0 Å². The Morgan fingerprint density at radius 1 is 1.56 bits per heavy atom. The number of carbonyl (C=O) groups is 1. The van der Waals surface area contributed by atoms with E-state index in [1.165, 1.54) is 5.56 Å². The molecule has 0 aliphatic carbocycles. The molecule has 2 N–H and O–H groups in total. The third kappa shape index (κ3) is 5.28. The maximum Gasteiger partial charge on any atom is 0.303 e. The maximum absolute atomic E-state index is 10.4. The van der Waals surface area contributed by atoms with Gasteiger partial charge in [-0.25, -0.2) is 0 Å². The van der Waals surface area contributed by atoms with E-state index in [0.29, 0.717) is 6.42 Å². The summed E-state index contributed by atoms with van der Waals surface area (Å²) in [6.45, 7) is 2.77. The van der Waals surface area contributed by atoms with Crippen LogP contribution in [0.15, 0.2) is 28.7 Å². The molecule has 0 saturated heterocycles. The zero-order valence-corrected chi connectivity index (χ0v) is 10.8. The molecule has 1 unspecified atom stereocenters. The third-order valence-corrected chi connectivity index (χ3v) is 2.83. The van der Waals surface area contributed by atoms with Gasteiger partial charge in [0.15, 0.2) is 0 Å². The lowest BCUT2D eigenvalue weighted by Crippen LogP contribution is -2.26. The number of carboxylic acids is 1. The van der Waals surface area contributed by atoms with Crippen molar-refractivity contribution in [3.63, 3.8) is 0 Å². The van der Waals surface area contributed by atoms with Gasteiger partial charge in [0.25, 0.3) is 0 Å². The van der Waals surface area contributed by atoms with Crippen molar-refractivity contribution in [2.45, 2.75) is 32.4 Å². The monoisotopic (exact) mass is 285 g/mol. The Labute approximate surface area is 104 Å². The van der Waals surface area contributed by atoms with Crippen molar-refractivity contribution in [1.29, 1.82) is 0 Å². The van der Waals surface area contributed by atoms with Gasteiger partial charge < -0.3 is 10.4 Å². The number of benzene rings is 1. The number of rotatable bonds is 6. The summed E-state index contributed by atoms with van der Waals surface area (Å²) in [4.78, 5) is 10.4. The molecule has 1 rings (SSSR count). The first kappa shape index (κ1) is 13.2. The van der Waals surface area contributed by atoms with Crippen molar-refractivity contribution in [3.8, 4) is 0 Å². The molecular weight excluding hydrogens is 270 g/mol. The van der Waals surface area contributed by atoms with Gasteiger partial charge >= 0.3 is 5.97 Å². The van der Waals surface area contributed by atoms with Crippen LogP contribution < -0.4 is 5.32 Å². The molecule has 4 heteroatoms. The van der Waals surface area contributed by atoms with Gasteiger partial charge in [-0.2, -0.15) is 0 Å². The summed E-state index contributed by atoms with van der Waals surface area (Å²) in [5.74, 6) is -0.740. The van der Waals surface area contributed by atoms with Crippen LogP contribution in [0, 0.1) is 0 Å². The minimum atomic E-state index is -0.740. The molecule has 1 aromatic carbocycles. The van der Waals surface area contributed by atoms with Gasteiger partial charge in [0.05, 0.1) is 0 Å². The first-order chi connectivity index (χ1) is 7.58. The molecule has 0 radical (unpaired) electrons. The fraction of sp³-hybridized carbons (Fsp3) is 0.417. The second-order valence-electron chi connectivity index (χ2n) is 3.84. The van der Waals surface area contributed by atoms with E-state index in [9.17, 15) is 4.79 Å². The minimum Gasteiger partial charge on any atom is -0.481 e. The molecule has 0 bridgehead atoms. The molecule has 88 valence electrons. The average Bonchev–Trinajstić information content (AvgIpc) is 2.23. The summed E-state index contributed by atoms with van der Waals surface area (Å²) < 4.78 is 1.06. The van der Waals surface area contributed by atoms with E-state index in [-0.39, 0.29) is 12.5 Å². The smallest absolute Gasteiger partial charge is 0.303 e. The highest BCUT2D eigenvalue weighted by Crippen LogP contribution is 2.11. The Hall–Kier alpha value is -0.870. The minimum absolute atomic E-state index is 0.215. The second kappa shape index (κ2) is 6.66. The quantitative estimate of drug-likeness (QED) is 0.845. The fourth-order valence-electron chi connectivity index (χ4n) is 1.38. The molecule has 0 spiro atoms. The van der Waals surface area contributed by atoms with E-state index in [4.69, 9.17) is 5.11 Å². The van der Waals surface area contributed by atoms with Crippen LogP contribution in [0.3, 0.4) is 0 Å². The van der Waals surface area contributed by atoms with Crippen LogP contribution >= 0.6 is 15.9 Å². The predicted octanol–water partition coefficient (Wildman–Crippen LogP) is 2.79. The Balaban J connectivity index is 2.31. The van der Waals surface area contributed by atoms with Crippen LogP contribution in [0.1, 0.15) is 25.3 Å². The number of halogens is 1. The fourth-order valence-corrected chi connectivity index (χ4v) is 1.83. The first-order valence-electron chi connectivity index (χ1n) is 5.27. The van der Waals surface area contributed by atoms with E-state index in [2.05, 4.69) is 27.3 Å². The molecule has 0 aliphatic heterocycles. The number of nitrogens with one attached hydrogen (secondary N) is 1. The van der Waals surface area contributed by atoms with E-state index >= 15 is 0 Å². The van der Waals surface area contributed by atoms with Crippen LogP contribution in [0.2, 0.25) is 0 Å². The molecule has 0 fully saturated rings. The van der Waals surface area contributed by atoms with E-state index in [1.807, 2.05) is 25.1 Å². The van der Waals surface area contributed by atoms with Crippen LogP contribution in [0.4, 0.5) is 0 Å². The lowest BCUT2D eigenvalue weighted by atomic mass is 10.1. The summed E-state index contributed by atoms with van der Waals surface area (Å²) in [6.07, 6.45) is 0.871. The zero-order valence-electron chi connectivity index (χ0n) is 9.24. The maximum atomic E-state index is 10.4. The predicted molar refractivity (Wildman–Crippen MR) is 67.3 cm³/mol. The van der Waals surface area contributed by atoms with E-state index in [0.717, 1.165) is 11.0 Å². The Morgan fingerprint density at radius 3 is 2.94 bits per heavy atom. The number of hydrogen-bond acceptors (Lipinski definition) is 2. The van der Waals surface area contributed by atoms with Crippen molar-refractivity contribution in [2.24, 2.45) is 0 Å². The van der Waals surface area contributed by atoms with Gasteiger partial charge in [0.1, 0.15) is 0 Å². The second-order valence-corrected chi connectivity index (χ2v) is 4.76. The summed E-state index contributed by atoms with van der Waals surface area (Å²) in [6, 6.07) is 8.29. The number of aliphatic carboxylic acids is 1. The van der Waals surface area contributed by atoms with E-state index < -0.39 is 5.97 Å². The third-order valence-electron chi connectivity index (χ3n) is 2.33. The molecule has 0 aromatic heterocycles. The highest BCUT2D eigenvalue weighted by Gasteiger charge is 2.04. The van der Waals surface area contributed by atoms with Gasteiger partial charge in [-0.3, -0.25) is 4.79 Å². The Kier molecular flexibility index (Phi) is 5.49. The standard InChI is InChI=1S/C12H16BrNO2/c1-9(5-6-12(15)16)14-8-10-3-2-4-11(13)7-10/h2-4,7,9,14H,5-6,8H2,1H3,(H,15,16). The lowest BCUT2D eigenvalue weighted by Gasteiger charge is -2.12. The molecule has 0 aliphatic rings. The first-order valence-corrected chi connectivity index (χ1v) is 6.07. The highest BCUT2D eigenvalue weighted by molar-refractivity contribution is 9.10. The number of carboxylic acid groups (broad SMARTS) is 1. The van der Waals surface area contributed by atoms with Crippen LogP contribution in [0.25, 0.3) is 0 Å². The van der Waals surface area contributed by atoms with Crippen molar-refractivity contribution >= 4 is 21.9 Å². The topological polar surface area (TPSA) is 49.3 Å². The normalized spacial score (nSPS) is 12.4. The zero-order chi connectivity index (χ0) is 12.0. The summed E-state index contributed by atoms with van der Waals surface area (Å²) in [5, 5.41) is 11.8. The van der Waals surface area contributed by atoms with Crippen molar-refractivity contribution in [3.05, 3.63) is 34.3 Å². The van der Waals surface area contributed by atoms with Crippen LogP contribution in [0.5, 0.6) is 0 Å². The Morgan fingerprint density at radius 2 is 2.31 bits per heavy atom. The SMILES string of the molecule is CC(CCC(=O)O)NCc1cccc(Br)c1. The van der Waals surface area contributed by atoms with Gasteiger partial charge in [0, 0.05) is 23.5 Å². The number of hydrogen-bond donors (Lipinski definition) is 2. The van der Waals surface area contributed by atoms with Gasteiger partial charge in [-0.15, -0.1) is 0 Å². The summed E-state index contributed by atoms with van der Waals surface area (Å²) >= 11 is 3.41. The van der Waals surface area contributed by atoms with E-state index in [1.54, 1.807) is 0 Å². The molecular formula is C12H16BrNO2. The molecule has 3 nitrogen and oxygen atoms in total. The van der Waals surface area contributed by atoms with Gasteiger partial charge in [-0.1, -0.05) is 28.1 Å². The van der Waals surface area contributed by atoms with Gasteiger partial charge in [-0.05, 0) is 31.0 Å². The van der Waals surface area contributed by atoms with Crippen LogP contribution in [-0.4, -0.2) is 17.1 Å². The summed E-state index contributed by atoms with van der Waals surface area (Å²) in [7, 11) is 0. The average molecular weight is 286 g/mol. The van der Waals surface area contributed by atoms with Crippen molar-refractivity contribution < 1.29 is 9.90 Å². The molecule has 0 heterocycles. The van der Waals surface area contributed by atoms with Crippen LogP contribution in [-0.2, 0) is 11.3 Å². The van der Waals surface area contributed by atoms with Gasteiger partial charge in [0.2, 0.25) is 0 Å².